The van der Waals surface area contributed by atoms with Gasteiger partial charge in [0.2, 0.25) is 0 Å². The average molecular weight is 447 g/mol. The number of hydrogen-bond acceptors (Lipinski definition) is 7. The molecule has 8 nitrogen and oxygen atoms in total. The van der Waals surface area contributed by atoms with E-state index in [2.05, 4.69) is 4.98 Å². The minimum absolute atomic E-state index is 0.176. The molecule has 0 aliphatic rings. The van der Waals surface area contributed by atoms with Crippen LogP contribution in [0.4, 0.5) is 5.82 Å². The summed E-state index contributed by atoms with van der Waals surface area (Å²) in [5.41, 5.74) is 9.84. The number of para-hydroxylation sites is 2. The van der Waals surface area contributed by atoms with Crippen molar-refractivity contribution < 1.29 is 19.1 Å². The Morgan fingerprint density at radius 3 is 2.30 bits per heavy atom. The Morgan fingerprint density at radius 2 is 1.67 bits per heavy atom. The lowest BCUT2D eigenvalue weighted by Gasteiger charge is -2.11. The molecule has 0 amide bonds. The third kappa shape index (κ3) is 4.24. The number of anilines is 1. The summed E-state index contributed by atoms with van der Waals surface area (Å²) in [4.78, 5) is 34.6. The molecule has 2 aromatic carbocycles. The number of esters is 2. The molecule has 1 atom stereocenters. The van der Waals surface area contributed by atoms with E-state index in [0.29, 0.717) is 46.5 Å². The molecule has 0 radical (unpaired) electrons. The second-order valence-corrected chi connectivity index (χ2v) is 7.79. The molecule has 0 aliphatic heterocycles. The fourth-order valence-electron chi connectivity index (χ4n) is 3.47. The molecule has 4 aromatic rings. The van der Waals surface area contributed by atoms with E-state index in [9.17, 15) is 9.59 Å². The van der Waals surface area contributed by atoms with Gasteiger partial charge in [-0.3, -0.25) is 4.57 Å². The number of ether oxygens (including phenoxy) is 2. The largest absolute Gasteiger partial charge is 0.462 e. The van der Waals surface area contributed by atoms with E-state index in [0.717, 1.165) is 6.42 Å². The van der Waals surface area contributed by atoms with Crippen molar-refractivity contribution in [1.29, 1.82) is 0 Å². The molecular formula is C25H26N4O4. The Morgan fingerprint density at radius 1 is 1.00 bits per heavy atom. The number of nitrogens with zero attached hydrogens (tertiary/aromatic N) is 3. The fraction of sp³-hybridized carbons (Fsp3) is 0.280. The average Bonchev–Trinajstić information content (AvgIpc) is 3.11. The Hall–Kier alpha value is -3.94. The second-order valence-electron chi connectivity index (χ2n) is 7.79. The van der Waals surface area contributed by atoms with Crippen LogP contribution in [0, 0.1) is 0 Å². The van der Waals surface area contributed by atoms with Crippen LogP contribution in [0.3, 0.4) is 0 Å². The Kier molecular flexibility index (Phi) is 6.26. The number of nitrogens with two attached hydrogens (primary N) is 1. The zero-order valence-corrected chi connectivity index (χ0v) is 18.9. The molecule has 2 aromatic heterocycles. The van der Waals surface area contributed by atoms with E-state index in [1.807, 2.05) is 45.0 Å². The lowest BCUT2D eigenvalue weighted by Crippen LogP contribution is -2.15. The van der Waals surface area contributed by atoms with Gasteiger partial charge in [0.25, 0.3) is 0 Å². The predicted octanol–water partition coefficient (Wildman–Crippen LogP) is 4.68. The maximum Gasteiger partial charge on any atom is 0.344 e. The maximum absolute atomic E-state index is 13.0. The number of carbonyl (C=O) groups is 2. The minimum atomic E-state index is -0.546. The minimum Gasteiger partial charge on any atom is -0.462 e. The van der Waals surface area contributed by atoms with E-state index < -0.39 is 11.9 Å². The summed E-state index contributed by atoms with van der Waals surface area (Å²) in [5.74, 6) is -0.762. The molecule has 0 aliphatic carbocycles. The van der Waals surface area contributed by atoms with Crippen LogP contribution in [0.15, 0.2) is 48.5 Å². The van der Waals surface area contributed by atoms with Crippen molar-refractivity contribution in [3.63, 3.8) is 0 Å². The van der Waals surface area contributed by atoms with Crippen molar-refractivity contribution in [1.82, 2.24) is 14.5 Å². The van der Waals surface area contributed by atoms with Crippen LogP contribution < -0.4 is 5.73 Å². The van der Waals surface area contributed by atoms with Gasteiger partial charge in [-0.05, 0) is 56.2 Å². The first kappa shape index (κ1) is 22.3. The molecule has 4 rings (SSSR count). The second kappa shape index (κ2) is 9.28. The number of nitrogen functional groups attached to an aromatic ring is 1. The SMILES string of the molecule is CCCOC(=O)c1ccc(-n2c(N)c(C(=O)OC(C)CC)c3nc4ccccc4nc32)cc1. The van der Waals surface area contributed by atoms with Crippen molar-refractivity contribution in [2.45, 2.75) is 39.7 Å². The number of hydrogen-bond donors (Lipinski definition) is 1. The third-order valence-corrected chi connectivity index (χ3v) is 5.38. The van der Waals surface area contributed by atoms with Crippen molar-refractivity contribution in [3.05, 3.63) is 59.7 Å². The molecule has 0 spiro atoms. The van der Waals surface area contributed by atoms with Gasteiger partial charge in [-0.2, -0.15) is 0 Å². The van der Waals surface area contributed by atoms with Crippen LogP contribution >= 0.6 is 0 Å². The topological polar surface area (TPSA) is 109 Å². The number of aromatic nitrogens is 3. The number of benzene rings is 2. The molecule has 0 saturated carbocycles. The smallest absolute Gasteiger partial charge is 0.344 e. The van der Waals surface area contributed by atoms with Crippen molar-refractivity contribution >= 4 is 40.0 Å². The number of fused-ring (bicyclic) bond motifs is 2. The highest BCUT2D eigenvalue weighted by molar-refractivity contribution is 6.09. The van der Waals surface area contributed by atoms with Gasteiger partial charge in [-0.25, -0.2) is 19.6 Å². The van der Waals surface area contributed by atoms with Crippen molar-refractivity contribution in [2.24, 2.45) is 0 Å². The van der Waals surface area contributed by atoms with E-state index in [1.165, 1.54) is 0 Å². The van der Waals surface area contributed by atoms with Gasteiger partial charge in [0, 0.05) is 5.69 Å². The maximum atomic E-state index is 13.0. The predicted molar refractivity (Wildman–Crippen MR) is 127 cm³/mol. The molecule has 1 unspecified atom stereocenters. The highest BCUT2D eigenvalue weighted by Crippen LogP contribution is 2.32. The number of rotatable bonds is 7. The van der Waals surface area contributed by atoms with E-state index >= 15 is 0 Å². The van der Waals surface area contributed by atoms with Crippen LogP contribution in [-0.2, 0) is 9.47 Å². The van der Waals surface area contributed by atoms with Crippen LogP contribution in [-0.4, -0.2) is 39.2 Å². The van der Waals surface area contributed by atoms with Crippen molar-refractivity contribution in [3.8, 4) is 5.69 Å². The van der Waals surface area contributed by atoms with Crippen LogP contribution in [0.5, 0.6) is 0 Å². The summed E-state index contributed by atoms with van der Waals surface area (Å²) in [5, 5.41) is 0. The van der Waals surface area contributed by atoms with E-state index in [4.69, 9.17) is 20.2 Å². The Bertz CT molecular complexity index is 1330. The highest BCUT2D eigenvalue weighted by Gasteiger charge is 2.27. The third-order valence-electron chi connectivity index (χ3n) is 5.38. The first-order chi connectivity index (χ1) is 15.9. The van der Waals surface area contributed by atoms with E-state index in [1.54, 1.807) is 28.8 Å². The Labute approximate surface area is 191 Å². The zero-order valence-electron chi connectivity index (χ0n) is 18.9. The molecule has 170 valence electrons. The molecule has 0 bridgehead atoms. The van der Waals surface area contributed by atoms with Gasteiger partial charge in [0.15, 0.2) is 5.65 Å². The van der Waals surface area contributed by atoms with Crippen molar-refractivity contribution in [2.75, 3.05) is 12.3 Å². The molecule has 33 heavy (non-hydrogen) atoms. The van der Waals surface area contributed by atoms with Gasteiger partial charge in [-0.15, -0.1) is 0 Å². The summed E-state index contributed by atoms with van der Waals surface area (Å²) < 4.78 is 12.4. The highest BCUT2D eigenvalue weighted by atomic mass is 16.5. The lowest BCUT2D eigenvalue weighted by atomic mass is 10.2. The van der Waals surface area contributed by atoms with Gasteiger partial charge in [0.1, 0.15) is 16.9 Å². The molecule has 8 heteroatoms. The van der Waals surface area contributed by atoms with Crippen LogP contribution in [0.25, 0.3) is 27.9 Å². The van der Waals surface area contributed by atoms with Crippen LogP contribution in [0.2, 0.25) is 0 Å². The van der Waals surface area contributed by atoms with Gasteiger partial charge in [-0.1, -0.05) is 26.0 Å². The summed E-state index contributed by atoms with van der Waals surface area (Å²) in [6, 6.07) is 14.2. The monoisotopic (exact) mass is 446 g/mol. The quantitative estimate of drug-likeness (QED) is 0.411. The zero-order chi connectivity index (χ0) is 23.5. The first-order valence-corrected chi connectivity index (χ1v) is 11.0. The summed E-state index contributed by atoms with van der Waals surface area (Å²) >= 11 is 0. The summed E-state index contributed by atoms with van der Waals surface area (Å²) in [7, 11) is 0. The number of carbonyl (C=O) groups excluding carboxylic acids is 2. The first-order valence-electron chi connectivity index (χ1n) is 11.0. The molecule has 2 N–H and O–H groups in total. The summed E-state index contributed by atoms with van der Waals surface area (Å²) in [6.45, 7) is 6.06. The lowest BCUT2D eigenvalue weighted by molar-refractivity contribution is 0.0337. The Balaban J connectivity index is 1.87. The summed E-state index contributed by atoms with van der Waals surface area (Å²) in [6.07, 6.45) is 1.16. The van der Waals surface area contributed by atoms with Crippen LogP contribution in [0.1, 0.15) is 54.3 Å². The van der Waals surface area contributed by atoms with Gasteiger partial charge in [0.05, 0.1) is 29.3 Å². The molecule has 0 fully saturated rings. The molecule has 2 heterocycles. The molecule has 0 saturated heterocycles. The van der Waals surface area contributed by atoms with Gasteiger partial charge < -0.3 is 15.2 Å². The molecular weight excluding hydrogens is 420 g/mol. The van der Waals surface area contributed by atoms with E-state index in [-0.39, 0.29) is 17.5 Å². The normalized spacial score (nSPS) is 12.1. The van der Waals surface area contributed by atoms with Gasteiger partial charge >= 0.3 is 11.9 Å². The fourth-order valence-corrected chi connectivity index (χ4v) is 3.47. The standard InChI is InChI=1S/C25H26N4O4/c1-4-14-32-24(30)16-10-12-17(13-11-16)29-22(26)20(25(31)33-15(3)5-2)21-23(29)28-19-9-7-6-8-18(19)27-21/h6-13,15H,4-5,14,26H2,1-3H3.